The highest BCUT2D eigenvalue weighted by atomic mass is 16.2. The number of likely N-dealkylation sites (N-methyl/N-ethyl adjacent to an activating group) is 2. The molecule has 10 heteroatoms. The van der Waals surface area contributed by atoms with Crippen molar-refractivity contribution in [3.05, 3.63) is 0 Å². The second-order valence-corrected chi connectivity index (χ2v) is 8.13. The summed E-state index contributed by atoms with van der Waals surface area (Å²) >= 11 is 0. The molecule has 0 aromatic carbocycles. The monoisotopic (exact) mass is 448 g/mol. The zero-order valence-corrected chi connectivity index (χ0v) is 19.2. The molecular weight excluding hydrogens is 412 g/mol. The molecule has 2 unspecified atom stereocenters. The number of rotatable bonds is 10. The van der Waals surface area contributed by atoms with Crippen molar-refractivity contribution in [2.75, 3.05) is 53.4 Å². The standard InChI is InChI=1S/C22H36N6O4/c1-23-15-19(29)25-17(21(31)27-11-5-6-12-27)9-3-4-10-18(26-20(30)16-24-2)22(32)28-13-7-8-14-28/h17-18,23-24H,5-16H2,1-2H3,(H,25,29)(H,26,30). The summed E-state index contributed by atoms with van der Waals surface area (Å²) in [5.41, 5.74) is 0. The molecule has 0 radical (unpaired) electrons. The van der Waals surface area contributed by atoms with E-state index in [9.17, 15) is 19.2 Å². The minimum absolute atomic E-state index is 0.112. The molecule has 2 aliphatic rings. The molecule has 32 heavy (non-hydrogen) atoms. The molecule has 0 bridgehead atoms. The molecule has 2 fully saturated rings. The van der Waals surface area contributed by atoms with Gasteiger partial charge in [0.2, 0.25) is 23.6 Å². The zero-order chi connectivity index (χ0) is 23.3. The van der Waals surface area contributed by atoms with Crippen LogP contribution in [0.5, 0.6) is 0 Å². The highest BCUT2D eigenvalue weighted by Crippen LogP contribution is 2.12. The average molecular weight is 449 g/mol. The molecule has 2 aliphatic heterocycles. The topological polar surface area (TPSA) is 123 Å². The molecule has 2 saturated heterocycles. The fourth-order valence-electron chi connectivity index (χ4n) is 3.88. The summed E-state index contributed by atoms with van der Waals surface area (Å²) in [7, 11) is 3.33. The predicted octanol–water partition coefficient (Wildman–Crippen LogP) is -1.58. The van der Waals surface area contributed by atoms with Gasteiger partial charge in [-0.25, -0.2) is 0 Å². The first kappa shape index (κ1) is 25.6. The molecule has 0 aromatic heterocycles. The maximum Gasteiger partial charge on any atom is 0.246 e. The van der Waals surface area contributed by atoms with Gasteiger partial charge in [-0.1, -0.05) is 0 Å². The van der Waals surface area contributed by atoms with Gasteiger partial charge in [0.25, 0.3) is 0 Å². The second-order valence-electron chi connectivity index (χ2n) is 8.13. The highest BCUT2D eigenvalue weighted by molar-refractivity contribution is 5.89. The molecule has 0 spiro atoms. The number of carbonyl (C=O) groups is 4. The van der Waals surface area contributed by atoms with Gasteiger partial charge in [-0.15, -0.1) is 11.8 Å². The third-order valence-electron chi connectivity index (χ3n) is 5.51. The van der Waals surface area contributed by atoms with Gasteiger partial charge < -0.3 is 31.1 Å². The Hall–Kier alpha value is -2.64. The lowest BCUT2D eigenvalue weighted by Gasteiger charge is -2.23. The SMILES string of the molecule is CNCC(=O)NC(CC#CCC(NC(=O)CNC)C(=O)N1CCCC1)C(=O)N1CCCC1. The zero-order valence-electron chi connectivity index (χ0n) is 19.2. The molecule has 0 saturated carbocycles. The smallest absolute Gasteiger partial charge is 0.246 e. The second kappa shape index (κ2) is 13.7. The Morgan fingerprint density at radius 2 is 1.03 bits per heavy atom. The molecule has 0 aliphatic carbocycles. The van der Waals surface area contributed by atoms with Crippen LogP contribution >= 0.6 is 0 Å². The minimum Gasteiger partial charge on any atom is -0.342 e. The van der Waals surface area contributed by atoms with Crippen LogP contribution in [0.15, 0.2) is 0 Å². The Bertz CT molecular complexity index is 662. The lowest BCUT2D eigenvalue weighted by molar-refractivity contribution is -0.135. The maximum atomic E-state index is 12.8. The van der Waals surface area contributed by atoms with Gasteiger partial charge in [-0.3, -0.25) is 19.2 Å². The van der Waals surface area contributed by atoms with Crippen molar-refractivity contribution in [2.24, 2.45) is 0 Å². The van der Waals surface area contributed by atoms with E-state index in [0.29, 0.717) is 26.2 Å². The summed E-state index contributed by atoms with van der Waals surface area (Å²) in [6.45, 7) is 2.98. The van der Waals surface area contributed by atoms with Crippen molar-refractivity contribution >= 4 is 23.6 Å². The largest absolute Gasteiger partial charge is 0.342 e. The van der Waals surface area contributed by atoms with E-state index >= 15 is 0 Å². The minimum atomic E-state index is -0.729. The molecule has 10 nitrogen and oxygen atoms in total. The van der Waals surface area contributed by atoms with E-state index in [2.05, 4.69) is 33.1 Å². The summed E-state index contributed by atoms with van der Waals surface area (Å²) in [5.74, 6) is 5.09. The van der Waals surface area contributed by atoms with Gasteiger partial charge in [0, 0.05) is 39.0 Å². The highest BCUT2D eigenvalue weighted by Gasteiger charge is 2.28. The lowest BCUT2D eigenvalue weighted by atomic mass is 10.1. The van der Waals surface area contributed by atoms with Crippen LogP contribution in [0.3, 0.4) is 0 Å². The van der Waals surface area contributed by atoms with Crippen LogP contribution in [0.2, 0.25) is 0 Å². The van der Waals surface area contributed by atoms with E-state index in [1.54, 1.807) is 23.9 Å². The van der Waals surface area contributed by atoms with E-state index in [1.807, 2.05) is 0 Å². The van der Waals surface area contributed by atoms with Crippen molar-refractivity contribution in [3.63, 3.8) is 0 Å². The summed E-state index contributed by atoms with van der Waals surface area (Å²) in [6.07, 6.45) is 4.14. The Kier molecular flexibility index (Phi) is 11.0. The van der Waals surface area contributed by atoms with E-state index < -0.39 is 12.1 Å². The Balaban J connectivity index is 2.01. The predicted molar refractivity (Wildman–Crippen MR) is 120 cm³/mol. The van der Waals surface area contributed by atoms with Crippen molar-refractivity contribution in [1.29, 1.82) is 0 Å². The number of nitrogens with zero attached hydrogens (tertiary/aromatic N) is 2. The molecule has 4 amide bonds. The number of hydrogen-bond acceptors (Lipinski definition) is 6. The van der Waals surface area contributed by atoms with Gasteiger partial charge in [0.1, 0.15) is 12.1 Å². The third kappa shape index (κ3) is 8.13. The normalized spacial score (nSPS) is 17.3. The molecule has 4 N–H and O–H groups in total. The Labute approximate surface area is 190 Å². The van der Waals surface area contributed by atoms with Gasteiger partial charge in [0.05, 0.1) is 13.1 Å². The Morgan fingerprint density at radius 3 is 1.34 bits per heavy atom. The summed E-state index contributed by atoms with van der Waals surface area (Å²) < 4.78 is 0. The van der Waals surface area contributed by atoms with E-state index in [1.165, 1.54) is 0 Å². The van der Waals surface area contributed by atoms with Crippen LogP contribution in [-0.4, -0.2) is 98.9 Å². The number of hydrogen-bond donors (Lipinski definition) is 4. The molecule has 2 rings (SSSR count). The lowest BCUT2D eigenvalue weighted by Crippen LogP contribution is -2.49. The van der Waals surface area contributed by atoms with Gasteiger partial charge in [-0.05, 0) is 39.8 Å². The fraction of sp³-hybridized carbons (Fsp3) is 0.727. The first-order valence-electron chi connectivity index (χ1n) is 11.4. The summed E-state index contributed by atoms with van der Waals surface area (Å²) in [6, 6.07) is -1.46. The first-order valence-corrected chi connectivity index (χ1v) is 11.4. The molecule has 0 aromatic rings. The fourth-order valence-corrected chi connectivity index (χ4v) is 3.88. The van der Waals surface area contributed by atoms with Crippen LogP contribution in [0, 0.1) is 11.8 Å². The van der Waals surface area contributed by atoms with Crippen LogP contribution in [0.4, 0.5) is 0 Å². The molecule has 178 valence electrons. The van der Waals surface area contributed by atoms with Gasteiger partial charge in [-0.2, -0.15) is 0 Å². The molecule has 2 heterocycles. The van der Waals surface area contributed by atoms with E-state index in [0.717, 1.165) is 25.7 Å². The average Bonchev–Trinajstić information content (AvgIpc) is 3.48. The van der Waals surface area contributed by atoms with Crippen molar-refractivity contribution in [1.82, 2.24) is 31.1 Å². The van der Waals surface area contributed by atoms with Crippen molar-refractivity contribution in [3.8, 4) is 11.8 Å². The van der Waals surface area contributed by atoms with Crippen molar-refractivity contribution in [2.45, 2.75) is 50.6 Å². The Morgan fingerprint density at radius 1 is 0.688 bits per heavy atom. The van der Waals surface area contributed by atoms with E-state index in [-0.39, 0.29) is 49.6 Å². The quantitative estimate of drug-likeness (QED) is 0.299. The first-order chi connectivity index (χ1) is 15.5. The van der Waals surface area contributed by atoms with Crippen LogP contribution in [0.1, 0.15) is 38.5 Å². The number of amides is 4. The molecular formula is C22H36N6O4. The maximum absolute atomic E-state index is 12.8. The molecule has 2 atom stereocenters. The van der Waals surface area contributed by atoms with E-state index in [4.69, 9.17) is 0 Å². The van der Waals surface area contributed by atoms with Crippen LogP contribution in [-0.2, 0) is 19.2 Å². The number of nitrogens with one attached hydrogen (secondary N) is 4. The number of likely N-dealkylation sites (tertiary alicyclic amines) is 2. The van der Waals surface area contributed by atoms with Crippen molar-refractivity contribution < 1.29 is 19.2 Å². The van der Waals surface area contributed by atoms with Gasteiger partial charge >= 0.3 is 0 Å². The third-order valence-corrected chi connectivity index (χ3v) is 5.51. The number of carbonyl (C=O) groups excluding carboxylic acids is 4. The van der Waals surface area contributed by atoms with Gasteiger partial charge in [0.15, 0.2) is 0 Å². The summed E-state index contributed by atoms with van der Waals surface area (Å²) in [5, 5.41) is 11.0. The summed E-state index contributed by atoms with van der Waals surface area (Å²) in [4.78, 5) is 53.2. The van der Waals surface area contributed by atoms with Crippen LogP contribution in [0.25, 0.3) is 0 Å². The van der Waals surface area contributed by atoms with Crippen LogP contribution < -0.4 is 21.3 Å².